The maximum absolute atomic E-state index is 11.9. The predicted molar refractivity (Wildman–Crippen MR) is 75.1 cm³/mol. The molecule has 2 amide bonds. The van der Waals surface area contributed by atoms with Gasteiger partial charge in [0.25, 0.3) is 0 Å². The Kier molecular flexibility index (Phi) is 3.83. The molecular formula is C12H17N5O2S. The second-order valence-corrected chi connectivity index (χ2v) is 5.82. The molecule has 0 aromatic carbocycles. The van der Waals surface area contributed by atoms with Crippen LogP contribution in [-0.4, -0.2) is 58.4 Å². The molecule has 2 aromatic rings. The molecule has 1 N–H and O–H groups in total. The molecule has 1 aliphatic heterocycles. The predicted octanol–water partition coefficient (Wildman–Crippen LogP) is 0.684. The molecule has 0 unspecified atom stereocenters. The molecule has 0 spiro atoms. The van der Waals surface area contributed by atoms with E-state index in [4.69, 9.17) is 4.74 Å². The molecule has 0 atom stereocenters. The Morgan fingerprint density at radius 2 is 2.30 bits per heavy atom. The second kappa shape index (κ2) is 5.76. The molecule has 1 fully saturated rings. The van der Waals surface area contributed by atoms with E-state index in [9.17, 15) is 4.79 Å². The molecule has 0 saturated carbocycles. The van der Waals surface area contributed by atoms with Gasteiger partial charge in [-0.3, -0.25) is 0 Å². The van der Waals surface area contributed by atoms with Gasteiger partial charge in [0.1, 0.15) is 5.01 Å². The van der Waals surface area contributed by atoms with Crippen LogP contribution < -0.4 is 5.32 Å². The molecule has 8 heteroatoms. The van der Waals surface area contributed by atoms with E-state index in [0.717, 1.165) is 15.7 Å². The van der Waals surface area contributed by atoms with Crippen molar-refractivity contribution in [3.05, 3.63) is 16.9 Å². The monoisotopic (exact) mass is 295 g/mol. The molecule has 0 bridgehead atoms. The number of hydrogen-bond acceptors (Lipinski definition) is 5. The number of carbonyl (C=O) groups is 1. The van der Waals surface area contributed by atoms with E-state index >= 15 is 0 Å². The molecule has 3 heterocycles. The Bertz CT molecular complexity index is 571. The number of fused-ring (bicyclic) bond motifs is 1. The fourth-order valence-corrected chi connectivity index (χ4v) is 2.88. The highest BCUT2D eigenvalue weighted by atomic mass is 32.1. The minimum absolute atomic E-state index is 0.0247. The highest BCUT2D eigenvalue weighted by Gasteiger charge is 2.16. The number of amides is 2. The maximum Gasteiger partial charge on any atom is 0.317 e. The molecule has 2 aromatic heterocycles. The van der Waals surface area contributed by atoms with Crippen molar-refractivity contribution in [1.29, 1.82) is 0 Å². The van der Waals surface area contributed by atoms with Gasteiger partial charge in [0.15, 0.2) is 0 Å². The fraction of sp³-hybridized carbons (Fsp3) is 0.583. The van der Waals surface area contributed by atoms with Crippen molar-refractivity contribution in [2.75, 3.05) is 32.8 Å². The van der Waals surface area contributed by atoms with Gasteiger partial charge in [-0.05, 0) is 6.92 Å². The summed E-state index contributed by atoms with van der Waals surface area (Å²) >= 11 is 1.57. The number of nitrogens with one attached hydrogen (secondary N) is 1. The second-order valence-electron chi connectivity index (χ2n) is 4.66. The van der Waals surface area contributed by atoms with Crippen molar-refractivity contribution in [1.82, 2.24) is 24.8 Å². The Morgan fingerprint density at radius 1 is 1.50 bits per heavy atom. The Morgan fingerprint density at radius 3 is 3.05 bits per heavy atom. The SMILES string of the molecule is Cc1nn2cc(CCNC(=O)N3CCOCC3)nc2s1. The maximum atomic E-state index is 11.9. The first kappa shape index (κ1) is 13.3. The van der Waals surface area contributed by atoms with E-state index in [2.05, 4.69) is 15.4 Å². The van der Waals surface area contributed by atoms with Gasteiger partial charge in [-0.2, -0.15) is 5.10 Å². The highest BCUT2D eigenvalue weighted by Crippen LogP contribution is 2.13. The van der Waals surface area contributed by atoms with Gasteiger partial charge in [0.05, 0.1) is 25.1 Å². The van der Waals surface area contributed by atoms with Gasteiger partial charge in [0, 0.05) is 26.1 Å². The summed E-state index contributed by atoms with van der Waals surface area (Å²) in [6, 6.07) is -0.0247. The number of aryl methyl sites for hydroxylation is 1. The summed E-state index contributed by atoms with van der Waals surface area (Å²) in [5.74, 6) is 0. The van der Waals surface area contributed by atoms with Crippen LogP contribution in [0, 0.1) is 6.92 Å². The van der Waals surface area contributed by atoms with Crippen LogP contribution in [-0.2, 0) is 11.2 Å². The molecule has 1 saturated heterocycles. The lowest BCUT2D eigenvalue weighted by atomic mass is 10.3. The molecule has 0 aliphatic carbocycles. The minimum atomic E-state index is -0.0247. The van der Waals surface area contributed by atoms with Crippen molar-refractivity contribution in [2.24, 2.45) is 0 Å². The van der Waals surface area contributed by atoms with Crippen LogP contribution in [0.4, 0.5) is 4.79 Å². The van der Waals surface area contributed by atoms with Crippen LogP contribution in [0.2, 0.25) is 0 Å². The lowest BCUT2D eigenvalue weighted by molar-refractivity contribution is 0.0533. The van der Waals surface area contributed by atoms with Crippen LogP contribution in [0.25, 0.3) is 4.96 Å². The van der Waals surface area contributed by atoms with Crippen molar-refractivity contribution in [2.45, 2.75) is 13.3 Å². The largest absolute Gasteiger partial charge is 0.378 e. The molecule has 0 radical (unpaired) electrons. The third-order valence-electron chi connectivity index (χ3n) is 3.15. The van der Waals surface area contributed by atoms with Crippen LogP contribution in [0.1, 0.15) is 10.7 Å². The smallest absolute Gasteiger partial charge is 0.317 e. The van der Waals surface area contributed by atoms with Crippen molar-refractivity contribution < 1.29 is 9.53 Å². The van der Waals surface area contributed by atoms with E-state index < -0.39 is 0 Å². The summed E-state index contributed by atoms with van der Waals surface area (Å²) in [6.07, 6.45) is 2.63. The van der Waals surface area contributed by atoms with E-state index in [1.54, 1.807) is 20.8 Å². The normalized spacial score (nSPS) is 15.8. The standard InChI is InChI=1S/C12H17N5O2S/c1-9-15-17-8-10(14-12(17)20-9)2-3-13-11(18)16-4-6-19-7-5-16/h8H,2-7H2,1H3,(H,13,18). The number of morpholine rings is 1. The summed E-state index contributed by atoms with van der Waals surface area (Å²) in [6.45, 7) is 5.11. The number of urea groups is 1. The van der Waals surface area contributed by atoms with Crippen LogP contribution >= 0.6 is 11.3 Å². The molecule has 108 valence electrons. The summed E-state index contributed by atoms with van der Waals surface area (Å²) in [5.41, 5.74) is 0.950. The zero-order valence-electron chi connectivity index (χ0n) is 11.3. The van der Waals surface area contributed by atoms with Crippen molar-refractivity contribution in [3.8, 4) is 0 Å². The van der Waals surface area contributed by atoms with E-state index in [1.165, 1.54) is 0 Å². The fourth-order valence-electron chi connectivity index (χ4n) is 2.14. The zero-order valence-corrected chi connectivity index (χ0v) is 12.2. The summed E-state index contributed by atoms with van der Waals surface area (Å²) in [7, 11) is 0. The van der Waals surface area contributed by atoms with E-state index in [1.807, 2.05) is 13.1 Å². The van der Waals surface area contributed by atoms with Gasteiger partial charge in [-0.1, -0.05) is 11.3 Å². The first-order valence-electron chi connectivity index (χ1n) is 6.64. The van der Waals surface area contributed by atoms with Gasteiger partial charge in [-0.15, -0.1) is 0 Å². The number of nitrogens with zero attached hydrogens (tertiary/aromatic N) is 4. The highest BCUT2D eigenvalue weighted by molar-refractivity contribution is 7.16. The quantitative estimate of drug-likeness (QED) is 0.904. The summed E-state index contributed by atoms with van der Waals surface area (Å²) in [5, 5.41) is 8.23. The lowest BCUT2D eigenvalue weighted by Gasteiger charge is -2.26. The summed E-state index contributed by atoms with van der Waals surface area (Å²) < 4.78 is 7.01. The summed E-state index contributed by atoms with van der Waals surface area (Å²) in [4.78, 5) is 19.0. The topological polar surface area (TPSA) is 71.8 Å². The number of carbonyl (C=O) groups excluding carboxylic acids is 1. The third kappa shape index (κ3) is 2.91. The number of ether oxygens (including phenoxy) is 1. The van der Waals surface area contributed by atoms with Crippen molar-refractivity contribution >= 4 is 22.3 Å². The Labute approximate surface area is 120 Å². The van der Waals surface area contributed by atoms with Crippen LogP contribution in [0.3, 0.4) is 0 Å². The number of imidazole rings is 1. The van der Waals surface area contributed by atoms with E-state index in [0.29, 0.717) is 39.3 Å². The lowest BCUT2D eigenvalue weighted by Crippen LogP contribution is -2.46. The molecule has 1 aliphatic rings. The number of hydrogen-bond donors (Lipinski definition) is 1. The Hall–Kier alpha value is -1.67. The van der Waals surface area contributed by atoms with Crippen molar-refractivity contribution in [3.63, 3.8) is 0 Å². The first-order chi connectivity index (χ1) is 9.72. The molecule has 20 heavy (non-hydrogen) atoms. The Balaban J connectivity index is 1.49. The first-order valence-corrected chi connectivity index (χ1v) is 7.46. The average Bonchev–Trinajstić information content (AvgIpc) is 2.96. The number of rotatable bonds is 3. The van der Waals surface area contributed by atoms with Gasteiger partial charge >= 0.3 is 6.03 Å². The number of aromatic nitrogens is 3. The van der Waals surface area contributed by atoms with E-state index in [-0.39, 0.29) is 6.03 Å². The average molecular weight is 295 g/mol. The van der Waals surface area contributed by atoms with Crippen LogP contribution in [0.15, 0.2) is 6.20 Å². The molecule has 7 nitrogen and oxygen atoms in total. The zero-order chi connectivity index (χ0) is 13.9. The van der Waals surface area contributed by atoms with Gasteiger partial charge in [-0.25, -0.2) is 14.3 Å². The van der Waals surface area contributed by atoms with Gasteiger partial charge < -0.3 is 15.0 Å². The molecular weight excluding hydrogens is 278 g/mol. The van der Waals surface area contributed by atoms with Crippen LogP contribution in [0.5, 0.6) is 0 Å². The molecule has 3 rings (SSSR count). The van der Waals surface area contributed by atoms with Gasteiger partial charge in [0.2, 0.25) is 4.96 Å². The third-order valence-corrected chi connectivity index (χ3v) is 3.99. The minimum Gasteiger partial charge on any atom is -0.378 e.